The van der Waals surface area contributed by atoms with Crippen molar-refractivity contribution in [2.45, 2.75) is 59.8 Å². The van der Waals surface area contributed by atoms with E-state index in [0.717, 1.165) is 29.1 Å². The van der Waals surface area contributed by atoms with Gasteiger partial charge in [0.25, 0.3) is 0 Å². The molecule has 0 heterocycles. The third-order valence-electron chi connectivity index (χ3n) is 4.57. The van der Waals surface area contributed by atoms with Gasteiger partial charge in [0.2, 0.25) is 0 Å². The molecule has 2 rings (SSSR count). The Balaban J connectivity index is 2.33. The summed E-state index contributed by atoms with van der Waals surface area (Å²) < 4.78 is 0. The number of hydrogen-bond donors (Lipinski definition) is 1. The highest BCUT2D eigenvalue weighted by atomic mass is 15.0. The van der Waals surface area contributed by atoms with E-state index in [9.17, 15) is 0 Å². The van der Waals surface area contributed by atoms with Gasteiger partial charge in [-0.25, -0.2) is 4.99 Å². The molecule has 2 nitrogen and oxygen atoms in total. The van der Waals surface area contributed by atoms with Crippen molar-refractivity contribution >= 4 is 11.9 Å². The zero-order valence-electron chi connectivity index (χ0n) is 15.6. The highest BCUT2D eigenvalue weighted by Crippen LogP contribution is 2.27. The summed E-state index contributed by atoms with van der Waals surface area (Å²) in [5.41, 5.74) is 7.49. The summed E-state index contributed by atoms with van der Waals surface area (Å²) in [5.74, 6) is 0.882. The Bertz CT molecular complexity index is 690. The van der Waals surface area contributed by atoms with Crippen LogP contribution in [-0.2, 0) is 6.42 Å². The highest BCUT2D eigenvalue weighted by molar-refractivity contribution is 5.62. The SMILES string of the molecule is C=C(C)/C(C)=C(\N=C/C)Nc1ccc(C)cc1CC1=CCCCC1. The fourth-order valence-corrected chi connectivity index (χ4v) is 2.98. The molecule has 0 saturated heterocycles. The fraction of sp³-hybridized carbons (Fsp3) is 0.409. The first-order chi connectivity index (χ1) is 11.5. The van der Waals surface area contributed by atoms with E-state index in [2.05, 4.69) is 55.0 Å². The first-order valence-corrected chi connectivity index (χ1v) is 8.91. The summed E-state index contributed by atoms with van der Waals surface area (Å²) in [7, 11) is 0. The smallest absolute Gasteiger partial charge is 0.133 e. The molecular weight excluding hydrogens is 292 g/mol. The Morgan fingerprint density at radius 1 is 1.29 bits per heavy atom. The van der Waals surface area contributed by atoms with E-state index in [-0.39, 0.29) is 0 Å². The predicted octanol–water partition coefficient (Wildman–Crippen LogP) is 6.35. The number of aryl methyl sites for hydroxylation is 1. The predicted molar refractivity (Wildman–Crippen MR) is 107 cm³/mol. The van der Waals surface area contributed by atoms with E-state index >= 15 is 0 Å². The second-order valence-electron chi connectivity index (χ2n) is 6.71. The van der Waals surface area contributed by atoms with Gasteiger partial charge in [0, 0.05) is 11.9 Å². The van der Waals surface area contributed by atoms with Crippen LogP contribution in [0.3, 0.4) is 0 Å². The fourth-order valence-electron chi connectivity index (χ4n) is 2.98. The maximum absolute atomic E-state index is 4.52. The minimum atomic E-state index is 0.882. The Morgan fingerprint density at radius 2 is 2.08 bits per heavy atom. The van der Waals surface area contributed by atoms with Crippen LogP contribution in [0.15, 0.2) is 58.4 Å². The van der Waals surface area contributed by atoms with Crippen molar-refractivity contribution in [1.29, 1.82) is 0 Å². The number of allylic oxidation sites excluding steroid dienone is 4. The van der Waals surface area contributed by atoms with Crippen molar-refractivity contribution in [2.24, 2.45) is 4.99 Å². The largest absolute Gasteiger partial charge is 0.340 e. The standard InChI is InChI=1S/C22H30N2/c1-6-23-22(18(5)16(2)3)24-21-13-12-17(4)14-20(21)15-19-10-8-7-9-11-19/h6,10,12-14,24H,2,7-9,11,15H2,1,3-5H3/b22-18+,23-6-. The summed E-state index contributed by atoms with van der Waals surface area (Å²) in [6.45, 7) is 12.2. The average Bonchev–Trinajstić information content (AvgIpc) is 2.56. The molecule has 1 aliphatic rings. The lowest BCUT2D eigenvalue weighted by Gasteiger charge is -2.18. The average molecular weight is 322 g/mol. The van der Waals surface area contributed by atoms with Gasteiger partial charge < -0.3 is 5.32 Å². The highest BCUT2D eigenvalue weighted by Gasteiger charge is 2.11. The minimum absolute atomic E-state index is 0.882. The zero-order chi connectivity index (χ0) is 17.5. The zero-order valence-corrected chi connectivity index (χ0v) is 15.6. The Hall–Kier alpha value is -2.09. The Labute approximate surface area is 147 Å². The normalized spacial score (nSPS) is 15.9. The lowest BCUT2D eigenvalue weighted by Crippen LogP contribution is -2.06. The van der Waals surface area contributed by atoms with Gasteiger partial charge in [-0.05, 0) is 77.0 Å². The van der Waals surface area contributed by atoms with E-state index < -0.39 is 0 Å². The van der Waals surface area contributed by atoms with E-state index in [1.807, 2.05) is 20.1 Å². The molecule has 128 valence electrons. The maximum Gasteiger partial charge on any atom is 0.133 e. The van der Waals surface area contributed by atoms with Crippen molar-refractivity contribution in [3.05, 3.63) is 64.5 Å². The molecule has 1 aromatic rings. The summed E-state index contributed by atoms with van der Waals surface area (Å²) in [6, 6.07) is 6.62. The quantitative estimate of drug-likeness (QED) is 0.368. The summed E-state index contributed by atoms with van der Waals surface area (Å²) in [6.07, 6.45) is 10.4. The minimum Gasteiger partial charge on any atom is -0.340 e. The molecule has 0 fully saturated rings. The van der Waals surface area contributed by atoms with Crippen molar-refractivity contribution in [2.75, 3.05) is 5.32 Å². The lowest BCUT2D eigenvalue weighted by atomic mass is 9.93. The molecule has 0 saturated carbocycles. The molecule has 2 heteroatoms. The third kappa shape index (κ3) is 4.95. The molecule has 0 amide bonds. The number of benzene rings is 1. The van der Waals surface area contributed by atoms with Crippen LogP contribution < -0.4 is 5.32 Å². The number of nitrogens with zero attached hydrogens (tertiary/aromatic N) is 1. The Kier molecular flexibility index (Phi) is 6.60. The van der Waals surface area contributed by atoms with Gasteiger partial charge >= 0.3 is 0 Å². The maximum atomic E-state index is 4.52. The van der Waals surface area contributed by atoms with Gasteiger partial charge in [-0.15, -0.1) is 0 Å². The molecule has 1 aliphatic carbocycles. The molecule has 1 N–H and O–H groups in total. The van der Waals surface area contributed by atoms with Crippen molar-refractivity contribution < 1.29 is 0 Å². The molecule has 0 unspecified atom stereocenters. The number of rotatable bonds is 6. The van der Waals surface area contributed by atoms with Gasteiger partial charge in [0.15, 0.2) is 0 Å². The van der Waals surface area contributed by atoms with E-state index in [1.165, 1.54) is 36.8 Å². The second kappa shape index (κ2) is 8.68. The lowest BCUT2D eigenvalue weighted by molar-refractivity contribution is 0.688. The molecular formula is C22H30N2. The van der Waals surface area contributed by atoms with Gasteiger partial charge in [0.1, 0.15) is 5.82 Å². The second-order valence-corrected chi connectivity index (χ2v) is 6.71. The van der Waals surface area contributed by atoms with Gasteiger partial charge in [-0.3, -0.25) is 0 Å². The van der Waals surface area contributed by atoms with Crippen LogP contribution in [0.2, 0.25) is 0 Å². The summed E-state index contributed by atoms with van der Waals surface area (Å²) in [4.78, 5) is 4.52. The monoisotopic (exact) mass is 322 g/mol. The Morgan fingerprint density at radius 3 is 2.71 bits per heavy atom. The van der Waals surface area contributed by atoms with Crippen molar-refractivity contribution in [3.63, 3.8) is 0 Å². The molecule has 0 atom stereocenters. The van der Waals surface area contributed by atoms with Crippen LogP contribution in [0.1, 0.15) is 57.6 Å². The van der Waals surface area contributed by atoms with Crippen LogP contribution in [0.5, 0.6) is 0 Å². The molecule has 1 aromatic carbocycles. The number of anilines is 1. The summed E-state index contributed by atoms with van der Waals surface area (Å²) in [5, 5.41) is 3.54. The van der Waals surface area contributed by atoms with Gasteiger partial charge in [0.05, 0.1) is 0 Å². The van der Waals surface area contributed by atoms with Crippen LogP contribution in [0.4, 0.5) is 5.69 Å². The van der Waals surface area contributed by atoms with Crippen molar-refractivity contribution in [1.82, 2.24) is 0 Å². The number of aliphatic imine (C=N–C) groups is 1. The van der Waals surface area contributed by atoms with E-state index in [1.54, 1.807) is 5.57 Å². The first kappa shape index (κ1) is 18.3. The number of hydrogen-bond acceptors (Lipinski definition) is 2. The molecule has 0 aromatic heterocycles. The molecule has 0 bridgehead atoms. The van der Waals surface area contributed by atoms with Crippen LogP contribution in [-0.4, -0.2) is 6.21 Å². The molecule has 0 radical (unpaired) electrons. The van der Waals surface area contributed by atoms with E-state index in [4.69, 9.17) is 0 Å². The molecule has 0 aliphatic heterocycles. The van der Waals surface area contributed by atoms with Crippen molar-refractivity contribution in [3.8, 4) is 0 Å². The first-order valence-electron chi connectivity index (χ1n) is 8.91. The van der Waals surface area contributed by atoms with Crippen LogP contribution >= 0.6 is 0 Å². The number of nitrogens with one attached hydrogen (secondary N) is 1. The van der Waals surface area contributed by atoms with E-state index in [0.29, 0.717) is 0 Å². The molecule has 24 heavy (non-hydrogen) atoms. The van der Waals surface area contributed by atoms with Crippen LogP contribution in [0.25, 0.3) is 0 Å². The third-order valence-corrected chi connectivity index (χ3v) is 4.57. The van der Waals surface area contributed by atoms with Crippen LogP contribution in [0, 0.1) is 6.92 Å². The van der Waals surface area contributed by atoms with Gasteiger partial charge in [-0.1, -0.05) is 41.5 Å². The van der Waals surface area contributed by atoms with Gasteiger partial charge in [-0.2, -0.15) is 0 Å². The summed E-state index contributed by atoms with van der Waals surface area (Å²) >= 11 is 0. The topological polar surface area (TPSA) is 24.4 Å². The molecule has 0 spiro atoms.